The number of ether oxygens (including phenoxy) is 1. The first-order valence-electron chi connectivity index (χ1n) is 4.70. The quantitative estimate of drug-likeness (QED) is 0.566. The van der Waals surface area contributed by atoms with Crippen LogP contribution in [-0.4, -0.2) is 33.7 Å². The van der Waals surface area contributed by atoms with Crippen LogP contribution in [0.5, 0.6) is 5.88 Å². The Morgan fingerprint density at radius 3 is 2.62 bits per heavy atom. The summed E-state index contributed by atoms with van der Waals surface area (Å²) in [5.74, 6) is -1.43. The van der Waals surface area contributed by atoms with Crippen LogP contribution in [0, 0.1) is 0 Å². The van der Waals surface area contributed by atoms with E-state index in [1.165, 1.54) is 10.8 Å². The van der Waals surface area contributed by atoms with E-state index in [-0.39, 0.29) is 13.0 Å². The number of aliphatic carboxylic acids is 2. The summed E-state index contributed by atoms with van der Waals surface area (Å²) in [5, 5.41) is 17.3. The van der Waals surface area contributed by atoms with E-state index in [2.05, 4.69) is 4.98 Å². The molecular formula is C9H13N2O5+. The van der Waals surface area contributed by atoms with E-state index in [1.807, 2.05) is 0 Å². The summed E-state index contributed by atoms with van der Waals surface area (Å²) in [6.45, 7) is 1.89. The first kappa shape index (κ1) is 12.0. The van der Waals surface area contributed by atoms with Gasteiger partial charge in [-0.2, -0.15) is 0 Å². The summed E-state index contributed by atoms with van der Waals surface area (Å²) in [5.41, 5.74) is 0. The fourth-order valence-corrected chi connectivity index (χ4v) is 1.27. The van der Waals surface area contributed by atoms with E-state index in [0.29, 0.717) is 18.3 Å². The number of carboxylic acids is 2. The smallest absolute Gasteiger partial charge is 0.346 e. The van der Waals surface area contributed by atoms with Gasteiger partial charge >= 0.3 is 17.8 Å². The Balaban J connectivity index is 2.92. The van der Waals surface area contributed by atoms with Crippen LogP contribution < -0.4 is 9.30 Å². The van der Waals surface area contributed by atoms with Crippen LogP contribution in [0.4, 0.5) is 0 Å². The van der Waals surface area contributed by atoms with E-state index in [4.69, 9.17) is 14.9 Å². The molecule has 0 aromatic carbocycles. The largest absolute Gasteiger partial charge is 0.481 e. The van der Waals surface area contributed by atoms with E-state index in [9.17, 15) is 9.59 Å². The summed E-state index contributed by atoms with van der Waals surface area (Å²) in [6, 6.07) is 0. The standard InChI is InChI=1S/C9H12N2O5/c1-2-16-7-4-11(5-9(14)15)6(10-7)3-8(12)13/h4H,2-3,5H2,1H3,(H2,12,13,14,15)/p+1. The monoisotopic (exact) mass is 229 g/mol. The van der Waals surface area contributed by atoms with Crippen LogP contribution in [0.25, 0.3) is 0 Å². The molecule has 0 amide bonds. The Kier molecular flexibility index (Phi) is 3.87. The van der Waals surface area contributed by atoms with Crippen LogP contribution in [0.2, 0.25) is 0 Å². The van der Waals surface area contributed by atoms with E-state index in [0.717, 1.165) is 0 Å². The second-order valence-electron chi connectivity index (χ2n) is 3.09. The molecule has 0 fully saturated rings. The second-order valence-corrected chi connectivity index (χ2v) is 3.09. The van der Waals surface area contributed by atoms with Crippen molar-refractivity contribution in [1.29, 1.82) is 0 Å². The van der Waals surface area contributed by atoms with Gasteiger partial charge in [0.15, 0.2) is 12.7 Å². The molecule has 0 aliphatic carbocycles. The zero-order chi connectivity index (χ0) is 12.1. The zero-order valence-corrected chi connectivity index (χ0v) is 8.77. The number of nitrogens with one attached hydrogen (secondary N) is 1. The molecule has 1 aromatic rings. The molecule has 16 heavy (non-hydrogen) atoms. The molecule has 3 N–H and O–H groups in total. The molecular weight excluding hydrogens is 216 g/mol. The predicted molar refractivity (Wildman–Crippen MR) is 51.1 cm³/mol. The van der Waals surface area contributed by atoms with Crippen LogP contribution in [0.1, 0.15) is 12.7 Å². The lowest BCUT2D eigenvalue weighted by atomic mass is 10.4. The Bertz CT molecular complexity index is 365. The zero-order valence-electron chi connectivity index (χ0n) is 8.77. The number of rotatable bonds is 6. The Morgan fingerprint density at radius 2 is 2.12 bits per heavy atom. The predicted octanol–water partition coefficient (Wildman–Crippen LogP) is -0.587. The summed E-state index contributed by atoms with van der Waals surface area (Å²) in [7, 11) is 0. The van der Waals surface area contributed by atoms with Crippen LogP contribution in [0.3, 0.4) is 0 Å². The summed E-state index contributed by atoms with van der Waals surface area (Å²) < 4.78 is 6.44. The third-order valence-electron chi connectivity index (χ3n) is 1.81. The fraction of sp³-hybridized carbons (Fsp3) is 0.444. The molecule has 0 bridgehead atoms. The van der Waals surface area contributed by atoms with Crippen molar-refractivity contribution >= 4 is 11.9 Å². The molecule has 0 unspecified atom stereocenters. The molecule has 88 valence electrons. The minimum Gasteiger partial charge on any atom is -0.481 e. The van der Waals surface area contributed by atoms with Gasteiger partial charge in [0.1, 0.15) is 6.42 Å². The lowest BCUT2D eigenvalue weighted by Crippen LogP contribution is -2.40. The van der Waals surface area contributed by atoms with Crippen molar-refractivity contribution in [3.8, 4) is 5.88 Å². The molecule has 1 rings (SSSR count). The Morgan fingerprint density at radius 1 is 1.44 bits per heavy atom. The third-order valence-corrected chi connectivity index (χ3v) is 1.81. The number of hydrogen-bond acceptors (Lipinski definition) is 3. The van der Waals surface area contributed by atoms with Crippen molar-refractivity contribution < 1.29 is 29.1 Å². The molecule has 1 heterocycles. The van der Waals surface area contributed by atoms with Crippen LogP contribution in [-0.2, 0) is 22.6 Å². The number of aromatic amines is 1. The van der Waals surface area contributed by atoms with Crippen LogP contribution >= 0.6 is 0 Å². The Labute approximate surface area is 91.3 Å². The number of hydrogen-bond donors (Lipinski definition) is 3. The maximum Gasteiger partial charge on any atom is 0.346 e. The molecule has 0 radical (unpaired) electrons. The molecule has 0 spiro atoms. The highest BCUT2D eigenvalue weighted by molar-refractivity contribution is 5.69. The fourth-order valence-electron chi connectivity index (χ4n) is 1.27. The van der Waals surface area contributed by atoms with Gasteiger partial charge in [0, 0.05) is 0 Å². The normalized spacial score (nSPS) is 10.1. The van der Waals surface area contributed by atoms with Crippen molar-refractivity contribution in [3.63, 3.8) is 0 Å². The van der Waals surface area contributed by atoms with Crippen molar-refractivity contribution in [1.82, 2.24) is 4.98 Å². The maximum atomic E-state index is 10.6. The van der Waals surface area contributed by atoms with Crippen LogP contribution in [0.15, 0.2) is 6.20 Å². The number of carbonyl (C=O) groups is 2. The van der Waals surface area contributed by atoms with Gasteiger partial charge in [0.05, 0.1) is 6.61 Å². The average Bonchev–Trinajstić information content (AvgIpc) is 2.46. The molecule has 0 saturated heterocycles. The van der Waals surface area contributed by atoms with Gasteiger partial charge < -0.3 is 14.9 Å². The van der Waals surface area contributed by atoms with E-state index in [1.54, 1.807) is 6.92 Å². The Hall–Kier alpha value is -2.05. The first-order chi connectivity index (χ1) is 7.52. The molecule has 7 heteroatoms. The van der Waals surface area contributed by atoms with Crippen molar-refractivity contribution in [2.24, 2.45) is 0 Å². The summed E-state index contributed by atoms with van der Waals surface area (Å²) in [6.07, 6.45) is 1.16. The number of nitrogens with zero attached hydrogens (tertiary/aromatic N) is 1. The van der Waals surface area contributed by atoms with E-state index < -0.39 is 11.9 Å². The highest BCUT2D eigenvalue weighted by Gasteiger charge is 2.21. The van der Waals surface area contributed by atoms with Gasteiger partial charge in [-0.3, -0.25) is 4.79 Å². The van der Waals surface area contributed by atoms with Gasteiger partial charge in [-0.15, -0.1) is 0 Å². The van der Waals surface area contributed by atoms with Gasteiger partial charge in [0.25, 0.3) is 5.82 Å². The molecule has 0 aliphatic rings. The molecule has 0 atom stereocenters. The highest BCUT2D eigenvalue weighted by Crippen LogP contribution is 2.05. The van der Waals surface area contributed by atoms with Crippen molar-refractivity contribution in [2.45, 2.75) is 19.9 Å². The first-order valence-corrected chi connectivity index (χ1v) is 4.70. The number of imidazole rings is 1. The molecule has 0 saturated carbocycles. The van der Waals surface area contributed by atoms with E-state index >= 15 is 0 Å². The summed E-state index contributed by atoms with van der Waals surface area (Å²) in [4.78, 5) is 23.8. The van der Waals surface area contributed by atoms with Crippen molar-refractivity contribution in [2.75, 3.05) is 6.61 Å². The summed E-state index contributed by atoms with van der Waals surface area (Å²) >= 11 is 0. The number of aromatic nitrogens is 2. The molecule has 1 aromatic heterocycles. The number of H-pyrrole nitrogens is 1. The SMILES string of the molecule is CCOc1c[n+](CC(=O)O)c(CC(=O)O)[nH]1. The minimum absolute atomic E-state index is 0.277. The van der Waals surface area contributed by atoms with Gasteiger partial charge in [-0.25, -0.2) is 14.3 Å². The minimum atomic E-state index is -1.04. The van der Waals surface area contributed by atoms with Gasteiger partial charge in [-0.1, -0.05) is 0 Å². The van der Waals surface area contributed by atoms with Crippen molar-refractivity contribution in [3.05, 3.63) is 12.0 Å². The molecule has 0 aliphatic heterocycles. The van der Waals surface area contributed by atoms with Gasteiger partial charge in [-0.05, 0) is 6.92 Å². The molecule has 7 nitrogen and oxygen atoms in total. The topological polar surface area (TPSA) is 104 Å². The average molecular weight is 229 g/mol. The second kappa shape index (κ2) is 5.15. The lowest BCUT2D eigenvalue weighted by molar-refractivity contribution is -0.691. The lowest BCUT2D eigenvalue weighted by Gasteiger charge is -1.93. The number of carboxylic acid groups (broad SMARTS) is 2. The maximum absolute atomic E-state index is 10.6. The van der Waals surface area contributed by atoms with Gasteiger partial charge in [0.2, 0.25) is 0 Å². The third kappa shape index (κ3) is 3.26. The highest BCUT2D eigenvalue weighted by atomic mass is 16.5.